The topological polar surface area (TPSA) is 266 Å². The summed E-state index contributed by atoms with van der Waals surface area (Å²) < 4.78 is 48.3. The molecule has 0 aromatic heterocycles. The number of ether oxygens (including phenoxy) is 9. The second-order valence-corrected chi connectivity index (χ2v) is 33.0. The van der Waals surface area contributed by atoms with Gasteiger partial charge in [0.15, 0.2) is 17.7 Å². The Kier molecular flexibility index (Phi) is 95.9. The van der Waals surface area contributed by atoms with Crippen LogP contribution in [0.5, 0.6) is 0 Å². The Balaban J connectivity index is -0.00000169. The molecule has 2 rings (SSSR count). The highest BCUT2D eigenvalue weighted by Crippen LogP contribution is 2.24. The first kappa shape index (κ1) is 128. The van der Waals surface area contributed by atoms with Gasteiger partial charge in [-0.1, -0.05) is 324 Å². The molecular weight excluding hydrogens is 1670 g/mol. The van der Waals surface area contributed by atoms with Crippen LogP contribution in [-0.4, -0.2) is 145 Å². The fourth-order valence-corrected chi connectivity index (χ4v) is 12.3. The quantitative estimate of drug-likeness (QED) is 0.0191. The van der Waals surface area contributed by atoms with Gasteiger partial charge in [0.25, 0.3) is 0 Å². The van der Waals surface area contributed by atoms with Gasteiger partial charge in [-0.05, 0) is 233 Å². The third-order valence-corrected chi connectivity index (χ3v) is 19.4. The number of unbranched alkanes of at least 4 members (excludes halogenated alkanes) is 4. The van der Waals surface area contributed by atoms with Crippen LogP contribution in [0.1, 0.15) is 340 Å². The molecule has 2 aliphatic heterocycles. The number of aliphatic carboxylic acids is 1. The second kappa shape index (κ2) is 99.3. The molecule has 4 unspecified atom stereocenters. The Morgan fingerprint density at radius 1 is 0.323 bits per heavy atom. The number of carbonyl (C=O) groups excluding carboxylic acids is 5. The molecule has 0 radical (unpaired) electrons. The minimum atomic E-state index is -0.986. The van der Waals surface area contributed by atoms with E-state index in [0.717, 1.165) is 225 Å². The Morgan fingerprint density at radius 2 is 0.571 bits per heavy atom. The number of aliphatic hydroxyl groups excluding tert-OH is 3. The highest BCUT2D eigenvalue weighted by Gasteiger charge is 2.34. The average molecular weight is 1860 g/mol. The highest BCUT2D eigenvalue weighted by molar-refractivity contribution is 5.74. The summed E-state index contributed by atoms with van der Waals surface area (Å²) in [7, 11) is 0. The minimum absolute atomic E-state index is 0.0451. The lowest BCUT2D eigenvalue weighted by molar-refractivity contribution is -0.171. The van der Waals surface area contributed by atoms with Crippen molar-refractivity contribution in [1.82, 2.24) is 0 Å². The molecule has 0 saturated carbocycles. The molecule has 2 fully saturated rings. The van der Waals surface area contributed by atoms with Gasteiger partial charge in [0.05, 0.1) is 38.3 Å². The molecule has 752 valence electrons. The monoisotopic (exact) mass is 1860 g/mol. The van der Waals surface area contributed by atoms with Gasteiger partial charge in [-0.3, -0.25) is 28.8 Å². The van der Waals surface area contributed by atoms with E-state index in [4.69, 9.17) is 63.1 Å². The number of hydrogen-bond donors (Lipinski definition) is 4. The van der Waals surface area contributed by atoms with Gasteiger partial charge < -0.3 is 63.1 Å². The van der Waals surface area contributed by atoms with Crippen molar-refractivity contribution in [2.24, 2.45) is 11.8 Å². The Hall–Kier alpha value is -8.66. The molecule has 2 heterocycles. The summed E-state index contributed by atoms with van der Waals surface area (Å²) in [5, 5.41) is 34.8. The van der Waals surface area contributed by atoms with Crippen molar-refractivity contribution in [3.63, 3.8) is 0 Å². The second-order valence-electron chi connectivity index (χ2n) is 33.0. The molecular formula is C114H182O19. The van der Waals surface area contributed by atoms with E-state index in [-0.39, 0.29) is 99.8 Å². The molecule has 2 saturated heterocycles. The molecule has 4 N–H and O–H groups in total. The minimum Gasteiger partial charge on any atom is -0.481 e. The SMILES string of the molecule is CC/C=C\C/C=C\C/C=C\C/C=C\C/C=C\CCCC(=O)O.CC/C=C\C/C=C\C/C=C\C/C=C\C/C=C\CCCC(=O)OCC(COC(=O)C(CCC)CCC)OC(=O)C(CCC)CCC.CC/C=C\C/C=C\C/C=C\C/C=C\C/C=C\CCCC(=O)OCC(O)CO.CC/C=C\C/C=C\C/C=C\C/C=C\C/C=C\CCCC(=O)OCC1COC(C)(C)O1.CC1(C)OCC(CO)O1. The Labute approximate surface area is 806 Å². The van der Waals surface area contributed by atoms with Crippen LogP contribution in [0.3, 0.4) is 0 Å². The molecule has 4 atom stereocenters. The van der Waals surface area contributed by atoms with Crippen molar-refractivity contribution < 1.29 is 91.8 Å². The number of carbonyl (C=O) groups is 6. The van der Waals surface area contributed by atoms with Crippen LogP contribution in [0.25, 0.3) is 0 Å². The van der Waals surface area contributed by atoms with Crippen LogP contribution >= 0.6 is 0 Å². The maximum absolute atomic E-state index is 12.9. The van der Waals surface area contributed by atoms with Crippen molar-refractivity contribution >= 4 is 35.8 Å². The summed E-state index contributed by atoms with van der Waals surface area (Å²) in [6, 6.07) is 0. The van der Waals surface area contributed by atoms with Crippen molar-refractivity contribution in [2.75, 3.05) is 52.9 Å². The van der Waals surface area contributed by atoms with Gasteiger partial charge >= 0.3 is 35.8 Å². The predicted molar refractivity (Wildman–Crippen MR) is 551 cm³/mol. The molecule has 2 aliphatic rings. The normalized spacial score (nSPS) is 15.9. The molecule has 19 nitrogen and oxygen atoms in total. The average Bonchev–Trinajstić information content (AvgIpc) is 1.75. The molecule has 0 aromatic carbocycles. The lowest BCUT2D eigenvalue weighted by Crippen LogP contribution is -2.34. The number of carboxylic acid groups (broad SMARTS) is 1. The molecule has 0 amide bonds. The van der Waals surface area contributed by atoms with Gasteiger partial charge in [-0.15, -0.1) is 0 Å². The zero-order valence-corrected chi connectivity index (χ0v) is 84.4. The maximum Gasteiger partial charge on any atom is 0.309 e. The first-order valence-corrected chi connectivity index (χ1v) is 50.2. The van der Waals surface area contributed by atoms with E-state index in [1.807, 2.05) is 55.4 Å². The number of hydrogen-bond acceptors (Lipinski definition) is 18. The zero-order valence-electron chi connectivity index (χ0n) is 84.4. The zero-order chi connectivity index (χ0) is 98.5. The number of carboxylic acids is 1. The van der Waals surface area contributed by atoms with E-state index in [1.165, 1.54) is 0 Å². The smallest absolute Gasteiger partial charge is 0.309 e. The maximum atomic E-state index is 12.9. The van der Waals surface area contributed by atoms with Gasteiger partial charge in [0.2, 0.25) is 0 Å². The summed E-state index contributed by atoms with van der Waals surface area (Å²) in [6.07, 6.45) is 118. The fourth-order valence-electron chi connectivity index (χ4n) is 12.3. The molecule has 0 spiro atoms. The third-order valence-electron chi connectivity index (χ3n) is 19.4. The standard InChI is InChI=1S/C39H64O6.C26H40O4.C23H36O4.C20H30O2.C6H12O3/c1-6-11-12-13-14-15-16-17-18-19-20-21-22-23-24-25-26-31-37(40)43-32-36(45-39(42)35(29-9-4)30-10-5)33-44-38(41)34(27-7-2)28-8-3;1-4-5-6-7-8-9-10-11-12-13-14-15-16-17-18-19-20-21-25(27)28-22-24-23-29-26(2,3)30-24;1-2-3-4-5-6-7-8-9-10-11-12-13-14-15-16-17-18-19-23(26)27-21-22(25)20-24;1-2-3-4-5-6-7-8-9-10-11-12-13-14-15-16-17-18-19-20(21)22;1-6(2)8-4-5(3-7)9-6/h11-12,14-15,17-18,20-21,23-24,34-36H,6-10,13,16,19,22,25-33H2,1-5H3;5-6,8-9,11-12,14-15,17-18,24H,4,7,10,13,16,19-23H2,1-3H3;3-4,6-7,9-10,12-13,15-16,22,24-25H,2,5,8,11,14,17-21H2,1H3;3-4,6-7,9-10,12-13,15-16H,2,5,8,11,14,17-19H2,1H3,(H,21,22);5,7H,3-4H2,1-2H3/b12-11-,15-14-,18-17-,21-20-,24-23-;6-5-,9-8-,12-11-,15-14-,18-17-;2*4-3-,7-6-,10-9-,13-12-,16-15-;. The third kappa shape index (κ3) is 96.3. The number of allylic oxidation sites excluding steroid dienone is 40. The van der Waals surface area contributed by atoms with Crippen LogP contribution in [-0.2, 0) is 71.4 Å². The summed E-state index contributed by atoms with van der Waals surface area (Å²) in [4.78, 5) is 71.4. The summed E-state index contributed by atoms with van der Waals surface area (Å²) >= 11 is 0. The molecule has 0 bridgehead atoms. The predicted octanol–water partition coefficient (Wildman–Crippen LogP) is 27.9. The van der Waals surface area contributed by atoms with Crippen molar-refractivity contribution in [3.8, 4) is 0 Å². The first-order valence-electron chi connectivity index (χ1n) is 50.2. The molecule has 0 aliphatic carbocycles. The van der Waals surface area contributed by atoms with E-state index < -0.39 is 36.4 Å². The van der Waals surface area contributed by atoms with Crippen molar-refractivity contribution in [2.45, 2.75) is 376 Å². The van der Waals surface area contributed by atoms with Crippen LogP contribution < -0.4 is 0 Å². The lowest BCUT2D eigenvalue weighted by Gasteiger charge is -2.22. The van der Waals surface area contributed by atoms with E-state index in [9.17, 15) is 28.8 Å². The van der Waals surface area contributed by atoms with Gasteiger partial charge in [0, 0.05) is 25.7 Å². The van der Waals surface area contributed by atoms with Gasteiger partial charge in [-0.2, -0.15) is 0 Å². The van der Waals surface area contributed by atoms with Gasteiger partial charge in [0.1, 0.15) is 44.7 Å². The number of aliphatic hydroxyl groups is 3. The molecule has 19 heteroatoms. The molecule has 0 aromatic rings. The summed E-state index contributed by atoms with van der Waals surface area (Å²) in [5.74, 6) is -3.59. The Morgan fingerprint density at radius 3 is 0.820 bits per heavy atom. The first-order chi connectivity index (χ1) is 64.6. The number of esters is 5. The largest absolute Gasteiger partial charge is 0.481 e. The summed E-state index contributed by atoms with van der Waals surface area (Å²) in [6.45, 7) is 24.7. The van der Waals surface area contributed by atoms with Crippen molar-refractivity contribution in [3.05, 3.63) is 243 Å². The fraction of sp³-hybridized carbons (Fsp3) is 0.596. The number of rotatable bonds is 73. The van der Waals surface area contributed by atoms with Crippen LogP contribution in [0.2, 0.25) is 0 Å². The van der Waals surface area contributed by atoms with Gasteiger partial charge in [-0.25, -0.2) is 0 Å². The van der Waals surface area contributed by atoms with E-state index in [1.54, 1.807) is 0 Å². The van der Waals surface area contributed by atoms with Crippen molar-refractivity contribution in [1.29, 1.82) is 0 Å². The van der Waals surface area contributed by atoms with E-state index in [2.05, 4.69) is 271 Å². The summed E-state index contributed by atoms with van der Waals surface area (Å²) in [5.41, 5.74) is 0. The highest BCUT2D eigenvalue weighted by atomic mass is 16.8. The van der Waals surface area contributed by atoms with E-state index >= 15 is 0 Å². The Bertz CT molecular complexity index is 3430. The molecule has 133 heavy (non-hydrogen) atoms. The van der Waals surface area contributed by atoms with Crippen LogP contribution in [0.15, 0.2) is 243 Å². The van der Waals surface area contributed by atoms with E-state index in [0.29, 0.717) is 32.5 Å². The van der Waals surface area contributed by atoms with Crippen LogP contribution in [0, 0.1) is 11.8 Å². The van der Waals surface area contributed by atoms with Crippen LogP contribution in [0.4, 0.5) is 0 Å². The lowest BCUT2D eigenvalue weighted by atomic mass is 9.98.